The average molecular weight is 387 g/mol. The van der Waals surface area contributed by atoms with Gasteiger partial charge in [0.15, 0.2) is 0 Å². The zero-order valence-corrected chi connectivity index (χ0v) is 15.7. The van der Waals surface area contributed by atoms with Crippen LogP contribution in [0.4, 0.5) is 0 Å². The zero-order valence-electron chi connectivity index (χ0n) is 14.1. The molecule has 3 aromatic rings. The van der Waals surface area contributed by atoms with Gasteiger partial charge in [0.2, 0.25) is 0 Å². The number of nitrogens with one attached hydrogen (secondary N) is 2. The first-order valence-electron chi connectivity index (χ1n) is 8.53. The van der Waals surface area contributed by atoms with Gasteiger partial charge in [-0.15, -0.1) is 11.3 Å². The summed E-state index contributed by atoms with van der Waals surface area (Å²) in [6.07, 6.45) is 2.62. The van der Waals surface area contributed by atoms with Crippen LogP contribution >= 0.6 is 22.9 Å². The van der Waals surface area contributed by atoms with E-state index in [0.717, 1.165) is 25.1 Å². The smallest absolute Gasteiger partial charge is 0.269 e. The highest BCUT2D eigenvalue weighted by molar-refractivity contribution is 7.10. The van der Waals surface area contributed by atoms with Crippen LogP contribution in [0.2, 0.25) is 5.02 Å². The molecule has 1 aliphatic heterocycles. The van der Waals surface area contributed by atoms with Crippen molar-refractivity contribution in [3.8, 4) is 0 Å². The summed E-state index contributed by atoms with van der Waals surface area (Å²) >= 11 is 7.88. The van der Waals surface area contributed by atoms with Gasteiger partial charge in [-0.05, 0) is 47.2 Å². The number of carbonyl (C=O) groups is 1. The third-order valence-corrected chi connectivity index (χ3v) is 6.01. The van der Waals surface area contributed by atoms with Crippen LogP contribution in [0, 0.1) is 0 Å². The van der Waals surface area contributed by atoms with E-state index in [9.17, 15) is 4.79 Å². The minimum Gasteiger partial charge on any atom is -0.349 e. The Morgan fingerprint density at radius 1 is 1.31 bits per heavy atom. The molecular weight excluding hydrogens is 368 g/mol. The topological polar surface area (TPSA) is 61.0 Å². The molecule has 0 spiro atoms. The molecule has 0 saturated carbocycles. The summed E-state index contributed by atoms with van der Waals surface area (Å²) in [5.41, 5.74) is 3.01. The van der Waals surface area contributed by atoms with Crippen LogP contribution < -0.4 is 5.32 Å². The van der Waals surface area contributed by atoms with Gasteiger partial charge in [0, 0.05) is 35.7 Å². The number of carbonyl (C=O) groups excluding carboxylic acids is 1. The fourth-order valence-electron chi connectivity index (χ4n) is 3.35. The maximum atomic E-state index is 12.3. The number of nitrogens with zero attached hydrogens (tertiary/aromatic N) is 2. The Hall–Kier alpha value is -2.15. The zero-order chi connectivity index (χ0) is 17.9. The second kappa shape index (κ2) is 7.61. The van der Waals surface area contributed by atoms with Gasteiger partial charge in [-0.1, -0.05) is 23.7 Å². The lowest BCUT2D eigenvalue weighted by Gasteiger charge is -2.35. The fourth-order valence-corrected chi connectivity index (χ4v) is 4.36. The van der Waals surface area contributed by atoms with Crippen LogP contribution in [-0.4, -0.2) is 34.1 Å². The van der Waals surface area contributed by atoms with Crippen LogP contribution in [0.1, 0.15) is 32.5 Å². The summed E-state index contributed by atoms with van der Waals surface area (Å²) in [4.78, 5) is 16.2. The summed E-state index contributed by atoms with van der Waals surface area (Å²) in [6, 6.07) is 11.9. The Balaban J connectivity index is 1.53. The average Bonchev–Trinajstić information content (AvgIpc) is 3.34. The first kappa shape index (κ1) is 17.3. The third-order valence-electron chi connectivity index (χ3n) is 4.73. The third kappa shape index (κ3) is 3.67. The maximum absolute atomic E-state index is 12.3. The van der Waals surface area contributed by atoms with E-state index < -0.39 is 0 Å². The van der Waals surface area contributed by atoms with Gasteiger partial charge < -0.3 is 5.32 Å². The van der Waals surface area contributed by atoms with Crippen molar-refractivity contribution >= 4 is 28.8 Å². The highest BCUT2D eigenvalue weighted by Gasteiger charge is 2.26. The standard InChI is InChI=1S/C19H19ClN4OS/c20-15-3-1-13(2-4-15)17(11-21-19(25)16-5-8-22-23-16)24-9-6-18-14(12-24)7-10-26-18/h1-5,7-8,10,17H,6,9,11-12H2,(H,21,25)(H,22,23). The predicted octanol–water partition coefficient (Wildman–Crippen LogP) is 3.65. The Kier molecular flexibility index (Phi) is 5.06. The fraction of sp³-hybridized carbons (Fsp3) is 0.263. The summed E-state index contributed by atoms with van der Waals surface area (Å²) in [6.45, 7) is 2.39. The van der Waals surface area contributed by atoms with E-state index in [0.29, 0.717) is 17.3 Å². The first-order chi connectivity index (χ1) is 12.7. The van der Waals surface area contributed by atoms with Crippen molar-refractivity contribution in [2.75, 3.05) is 13.1 Å². The number of halogens is 1. The van der Waals surface area contributed by atoms with Crippen molar-refractivity contribution in [1.82, 2.24) is 20.4 Å². The number of hydrogen-bond acceptors (Lipinski definition) is 4. The molecule has 0 radical (unpaired) electrons. The van der Waals surface area contributed by atoms with Crippen LogP contribution in [0.3, 0.4) is 0 Å². The summed E-state index contributed by atoms with van der Waals surface area (Å²) in [5.74, 6) is -0.144. The number of aromatic amines is 1. The van der Waals surface area contributed by atoms with E-state index >= 15 is 0 Å². The molecule has 3 heterocycles. The normalized spacial score (nSPS) is 15.4. The molecule has 1 aliphatic rings. The van der Waals surface area contributed by atoms with Crippen molar-refractivity contribution in [2.45, 2.75) is 19.0 Å². The van der Waals surface area contributed by atoms with Gasteiger partial charge >= 0.3 is 0 Å². The van der Waals surface area contributed by atoms with Gasteiger partial charge in [0.25, 0.3) is 5.91 Å². The van der Waals surface area contributed by atoms with Gasteiger partial charge in [-0.2, -0.15) is 5.10 Å². The minimum atomic E-state index is -0.144. The number of H-pyrrole nitrogens is 1. The Morgan fingerprint density at radius 2 is 2.15 bits per heavy atom. The van der Waals surface area contributed by atoms with E-state index in [1.54, 1.807) is 12.3 Å². The second-order valence-corrected chi connectivity index (χ2v) is 7.77. The molecule has 0 aliphatic carbocycles. The predicted molar refractivity (Wildman–Crippen MR) is 104 cm³/mol. The number of hydrogen-bond donors (Lipinski definition) is 2. The lowest BCUT2D eigenvalue weighted by Crippen LogP contribution is -2.40. The number of amides is 1. The Labute approximate surface area is 161 Å². The molecular formula is C19H19ClN4OS. The van der Waals surface area contributed by atoms with Gasteiger partial charge in [0.1, 0.15) is 5.69 Å². The summed E-state index contributed by atoms with van der Waals surface area (Å²) < 4.78 is 0. The molecule has 2 aromatic heterocycles. The van der Waals surface area contributed by atoms with E-state index in [4.69, 9.17) is 11.6 Å². The maximum Gasteiger partial charge on any atom is 0.269 e. The molecule has 0 bridgehead atoms. The molecule has 134 valence electrons. The highest BCUT2D eigenvalue weighted by Crippen LogP contribution is 2.30. The van der Waals surface area contributed by atoms with E-state index in [-0.39, 0.29) is 11.9 Å². The molecule has 2 N–H and O–H groups in total. The lowest BCUT2D eigenvalue weighted by molar-refractivity contribution is 0.0923. The monoisotopic (exact) mass is 386 g/mol. The molecule has 5 nitrogen and oxygen atoms in total. The number of thiophene rings is 1. The van der Waals surface area contributed by atoms with Crippen molar-refractivity contribution in [3.05, 3.63) is 74.7 Å². The van der Waals surface area contributed by atoms with Crippen molar-refractivity contribution in [3.63, 3.8) is 0 Å². The number of aromatic nitrogens is 2. The van der Waals surface area contributed by atoms with Crippen LogP contribution in [-0.2, 0) is 13.0 Å². The molecule has 0 saturated heterocycles. The second-order valence-electron chi connectivity index (χ2n) is 6.34. The van der Waals surface area contributed by atoms with Crippen LogP contribution in [0.15, 0.2) is 48.0 Å². The Bertz CT molecular complexity index is 875. The van der Waals surface area contributed by atoms with Crippen LogP contribution in [0.5, 0.6) is 0 Å². The molecule has 26 heavy (non-hydrogen) atoms. The molecule has 7 heteroatoms. The van der Waals surface area contributed by atoms with E-state index in [1.165, 1.54) is 10.4 Å². The van der Waals surface area contributed by atoms with Crippen LogP contribution in [0.25, 0.3) is 0 Å². The largest absolute Gasteiger partial charge is 0.349 e. The number of benzene rings is 1. The number of fused-ring (bicyclic) bond motifs is 1. The molecule has 1 atom stereocenters. The molecule has 1 amide bonds. The van der Waals surface area contributed by atoms with Crippen molar-refractivity contribution in [2.24, 2.45) is 0 Å². The lowest BCUT2D eigenvalue weighted by atomic mass is 10.0. The molecule has 4 rings (SSSR count). The minimum absolute atomic E-state index is 0.0900. The van der Waals surface area contributed by atoms with Crippen molar-refractivity contribution < 1.29 is 4.79 Å². The SMILES string of the molecule is O=C(NCC(c1ccc(Cl)cc1)N1CCc2sccc2C1)c1ccn[nH]1. The van der Waals surface area contributed by atoms with Gasteiger partial charge in [-0.25, -0.2) is 0 Å². The van der Waals surface area contributed by atoms with Gasteiger partial charge in [-0.3, -0.25) is 14.8 Å². The quantitative estimate of drug-likeness (QED) is 0.703. The summed E-state index contributed by atoms with van der Waals surface area (Å²) in [7, 11) is 0. The number of rotatable bonds is 5. The first-order valence-corrected chi connectivity index (χ1v) is 9.79. The van der Waals surface area contributed by atoms with Gasteiger partial charge in [0.05, 0.1) is 6.04 Å². The molecule has 0 fully saturated rings. The molecule has 1 aromatic carbocycles. The Morgan fingerprint density at radius 3 is 2.92 bits per heavy atom. The van der Waals surface area contributed by atoms with Crippen molar-refractivity contribution in [1.29, 1.82) is 0 Å². The molecule has 1 unspecified atom stereocenters. The van der Waals surface area contributed by atoms with E-state index in [1.807, 2.05) is 35.6 Å². The van der Waals surface area contributed by atoms with E-state index in [2.05, 4.69) is 31.9 Å². The summed E-state index contributed by atoms with van der Waals surface area (Å²) in [5, 5.41) is 12.4. The highest BCUT2D eigenvalue weighted by atomic mass is 35.5.